The minimum atomic E-state index is -0.364. The van der Waals surface area contributed by atoms with Crippen LogP contribution in [0.4, 0.5) is 0 Å². The van der Waals surface area contributed by atoms with Gasteiger partial charge < -0.3 is 23.7 Å². The maximum Gasteiger partial charge on any atom is 0.330 e. The minimum absolute atomic E-state index is 0.122. The second kappa shape index (κ2) is 12.2. The zero-order valence-electron chi connectivity index (χ0n) is 14.3. The van der Waals surface area contributed by atoms with Crippen molar-refractivity contribution in [1.29, 1.82) is 0 Å². The van der Waals surface area contributed by atoms with Crippen LogP contribution in [0.1, 0.15) is 12.5 Å². The van der Waals surface area contributed by atoms with Gasteiger partial charge in [0, 0.05) is 13.2 Å². The predicted octanol–water partition coefficient (Wildman–Crippen LogP) is 2.83. The van der Waals surface area contributed by atoms with Crippen LogP contribution in [0.2, 0.25) is 0 Å². The van der Waals surface area contributed by atoms with Gasteiger partial charge >= 0.3 is 5.97 Å². The van der Waals surface area contributed by atoms with E-state index >= 15 is 0 Å². The van der Waals surface area contributed by atoms with Crippen molar-refractivity contribution in [3.63, 3.8) is 0 Å². The molecule has 0 bridgehead atoms. The van der Waals surface area contributed by atoms with E-state index in [-0.39, 0.29) is 12.8 Å². The fourth-order valence-corrected chi connectivity index (χ4v) is 1.70. The first-order valence-corrected chi connectivity index (χ1v) is 7.60. The van der Waals surface area contributed by atoms with Gasteiger partial charge in [0.25, 0.3) is 0 Å². The molecule has 0 saturated heterocycles. The van der Waals surface area contributed by atoms with Crippen LogP contribution in [0.3, 0.4) is 0 Å². The molecule has 0 atom stereocenters. The van der Waals surface area contributed by atoms with Crippen LogP contribution in [-0.4, -0.2) is 46.8 Å². The average molecular weight is 336 g/mol. The Morgan fingerprint density at radius 1 is 1.12 bits per heavy atom. The fraction of sp³-hybridized carbons (Fsp3) is 0.389. The third-order valence-corrected chi connectivity index (χ3v) is 2.84. The summed E-state index contributed by atoms with van der Waals surface area (Å²) in [5.74, 6) is 0.827. The lowest BCUT2D eigenvalue weighted by Gasteiger charge is -2.11. The Bertz CT molecular complexity index is 550. The van der Waals surface area contributed by atoms with E-state index in [0.717, 1.165) is 5.56 Å². The van der Waals surface area contributed by atoms with Crippen molar-refractivity contribution in [2.24, 2.45) is 0 Å². The van der Waals surface area contributed by atoms with Crippen molar-refractivity contribution in [2.45, 2.75) is 6.92 Å². The lowest BCUT2D eigenvalue weighted by Crippen LogP contribution is -2.08. The summed E-state index contributed by atoms with van der Waals surface area (Å²) in [6.45, 7) is 3.23. The molecule has 1 aromatic carbocycles. The summed E-state index contributed by atoms with van der Waals surface area (Å²) in [5.41, 5.74) is 0.910. The van der Waals surface area contributed by atoms with Gasteiger partial charge in [0.2, 0.25) is 0 Å². The number of benzene rings is 1. The summed E-state index contributed by atoms with van der Waals surface area (Å²) < 4.78 is 25.8. The molecular formula is C18H24O6. The van der Waals surface area contributed by atoms with E-state index in [1.807, 2.05) is 18.2 Å². The van der Waals surface area contributed by atoms with Crippen molar-refractivity contribution in [1.82, 2.24) is 0 Å². The van der Waals surface area contributed by atoms with Crippen LogP contribution in [0.15, 0.2) is 36.4 Å². The maximum atomic E-state index is 11.2. The first-order chi connectivity index (χ1) is 11.7. The molecule has 0 spiro atoms. The molecule has 0 aliphatic heterocycles. The highest BCUT2D eigenvalue weighted by Crippen LogP contribution is 2.28. The van der Waals surface area contributed by atoms with E-state index in [4.69, 9.17) is 23.7 Å². The topological polar surface area (TPSA) is 63.2 Å². The lowest BCUT2D eigenvalue weighted by molar-refractivity contribution is -0.137. The molecule has 6 nitrogen and oxygen atoms in total. The zero-order chi connectivity index (χ0) is 17.6. The van der Waals surface area contributed by atoms with Gasteiger partial charge in [-0.3, -0.25) is 0 Å². The molecule has 0 fully saturated rings. The third-order valence-electron chi connectivity index (χ3n) is 2.84. The minimum Gasteiger partial charge on any atom is -0.493 e. The van der Waals surface area contributed by atoms with Crippen molar-refractivity contribution < 1.29 is 28.5 Å². The first-order valence-electron chi connectivity index (χ1n) is 7.60. The van der Waals surface area contributed by atoms with Gasteiger partial charge in [-0.15, -0.1) is 0 Å². The summed E-state index contributed by atoms with van der Waals surface area (Å²) in [6.07, 6.45) is 6.59. The second-order valence-corrected chi connectivity index (χ2v) is 4.54. The molecule has 0 N–H and O–H groups in total. The van der Waals surface area contributed by atoms with Crippen LogP contribution in [-0.2, 0) is 19.0 Å². The molecule has 0 aliphatic rings. The van der Waals surface area contributed by atoms with Crippen molar-refractivity contribution >= 4 is 12.0 Å². The summed E-state index contributed by atoms with van der Waals surface area (Å²) >= 11 is 0. The van der Waals surface area contributed by atoms with Crippen LogP contribution in [0, 0.1) is 0 Å². The molecule has 1 aromatic rings. The summed E-state index contributed by atoms with van der Waals surface area (Å²) in [6, 6.07) is 5.51. The first kappa shape index (κ1) is 19.7. The standard InChI is InChI=1S/C18H24O6/c1-4-23-18(19)8-6-5-7-15-9-10-16(17(13-15)21-3)24-14-22-12-11-20-2/h5-10,13H,4,11-12,14H2,1-3H3/b7-5+,8-6+. The number of hydrogen-bond donors (Lipinski definition) is 0. The van der Waals surface area contributed by atoms with Crippen molar-refractivity contribution in [2.75, 3.05) is 40.8 Å². The maximum absolute atomic E-state index is 11.2. The Morgan fingerprint density at radius 3 is 2.67 bits per heavy atom. The lowest BCUT2D eigenvalue weighted by atomic mass is 10.2. The summed E-state index contributed by atoms with van der Waals surface area (Å²) in [4.78, 5) is 11.2. The third kappa shape index (κ3) is 7.80. The molecule has 0 aliphatic carbocycles. The Balaban J connectivity index is 2.57. The number of ether oxygens (including phenoxy) is 5. The number of rotatable bonds is 11. The highest BCUT2D eigenvalue weighted by Gasteiger charge is 2.04. The van der Waals surface area contributed by atoms with E-state index in [1.165, 1.54) is 6.08 Å². The number of carbonyl (C=O) groups excluding carboxylic acids is 1. The number of carbonyl (C=O) groups is 1. The van der Waals surface area contributed by atoms with E-state index in [1.54, 1.807) is 39.4 Å². The molecule has 0 radical (unpaired) electrons. The van der Waals surface area contributed by atoms with E-state index in [9.17, 15) is 4.79 Å². The van der Waals surface area contributed by atoms with Gasteiger partial charge in [-0.05, 0) is 24.6 Å². The quantitative estimate of drug-likeness (QED) is 0.204. The second-order valence-electron chi connectivity index (χ2n) is 4.54. The Hall–Kier alpha value is -2.31. The number of esters is 1. The number of methoxy groups -OCH3 is 2. The highest BCUT2D eigenvalue weighted by molar-refractivity contribution is 5.82. The van der Waals surface area contributed by atoms with Crippen LogP contribution >= 0.6 is 0 Å². The van der Waals surface area contributed by atoms with Crippen LogP contribution < -0.4 is 9.47 Å². The van der Waals surface area contributed by atoms with Crippen LogP contribution in [0.25, 0.3) is 6.08 Å². The Kier molecular flexibility index (Phi) is 9.99. The summed E-state index contributed by atoms with van der Waals surface area (Å²) in [7, 11) is 3.18. The van der Waals surface area contributed by atoms with E-state index in [0.29, 0.717) is 31.3 Å². The average Bonchev–Trinajstić information content (AvgIpc) is 2.59. The fourth-order valence-electron chi connectivity index (χ4n) is 1.70. The normalized spacial score (nSPS) is 11.1. The van der Waals surface area contributed by atoms with Crippen molar-refractivity contribution in [3.05, 3.63) is 42.0 Å². The molecule has 6 heteroatoms. The van der Waals surface area contributed by atoms with E-state index < -0.39 is 0 Å². The van der Waals surface area contributed by atoms with Gasteiger partial charge in [-0.2, -0.15) is 0 Å². The Morgan fingerprint density at radius 2 is 1.96 bits per heavy atom. The monoisotopic (exact) mass is 336 g/mol. The molecular weight excluding hydrogens is 312 g/mol. The molecule has 1 rings (SSSR count). The summed E-state index contributed by atoms with van der Waals surface area (Å²) in [5, 5.41) is 0. The van der Waals surface area contributed by atoms with Gasteiger partial charge in [0.05, 0.1) is 26.9 Å². The molecule has 24 heavy (non-hydrogen) atoms. The van der Waals surface area contributed by atoms with Gasteiger partial charge in [-0.25, -0.2) is 4.79 Å². The Labute approximate surface area is 142 Å². The predicted molar refractivity (Wildman–Crippen MR) is 91.1 cm³/mol. The molecule has 132 valence electrons. The number of allylic oxidation sites excluding steroid dienone is 2. The van der Waals surface area contributed by atoms with Gasteiger partial charge in [0.15, 0.2) is 18.3 Å². The van der Waals surface area contributed by atoms with Crippen molar-refractivity contribution in [3.8, 4) is 11.5 Å². The largest absolute Gasteiger partial charge is 0.493 e. The molecule has 0 amide bonds. The smallest absolute Gasteiger partial charge is 0.330 e. The highest BCUT2D eigenvalue weighted by atomic mass is 16.7. The zero-order valence-corrected chi connectivity index (χ0v) is 14.3. The van der Waals surface area contributed by atoms with Gasteiger partial charge in [0.1, 0.15) is 0 Å². The SMILES string of the molecule is CCOC(=O)/C=C/C=C/c1ccc(OCOCCOC)c(OC)c1. The van der Waals surface area contributed by atoms with Crippen LogP contribution in [0.5, 0.6) is 11.5 Å². The van der Waals surface area contributed by atoms with E-state index in [2.05, 4.69) is 0 Å². The molecule has 0 saturated carbocycles. The molecule has 0 heterocycles. The molecule has 0 aromatic heterocycles. The number of hydrogen-bond acceptors (Lipinski definition) is 6. The molecule has 0 unspecified atom stereocenters. The van der Waals surface area contributed by atoms with Gasteiger partial charge in [-0.1, -0.05) is 24.3 Å².